The van der Waals surface area contributed by atoms with Crippen molar-refractivity contribution in [2.45, 2.75) is 33.2 Å². The maximum atomic E-state index is 12.7. The van der Waals surface area contributed by atoms with Crippen molar-refractivity contribution < 1.29 is 9.59 Å². The molecule has 4 atom stereocenters. The fraction of sp³-hybridized carbons (Fsp3) is 0.522. The van der Waals surface area contributed by atoms with Crippen LogP contribution in [0.4, 0.5) is 0 Å². The average Bonchev–Trinajstić information content (AvgIpc) is 3.39. The van der Waals surface area contributed by atoms with Crippen LogP contribution in [0.3, 0.4) is 0 Å². The third kappa shape index (κ3) is 3.93. The lowest BCUT2D eigenvalue weighted by Gasteiger charge is -2.18. The van der Waals surface area contributed by atoms with Gasteiger partial charge in [0.2, 0.25) is 11.8 Å². The monoisotopic (exact) mass is 394 g/mol. The third-order valence-electron chi connectivity index (χ3n) is 6.30. The summed E-state index contributed by atoms with van der Waals surface area (Å²) in [5.74, 6) is 1.19. The van der Waals surface area contributed by atoms with Crippen LogP contribution in [-0.4, -0.2) is 42.3 Å². The molecule has 2 aliphatic carbocycles. The van der Waals surface area contributed by atoms with E-state index in [-0.39, 0.29) is 35.5 Å². The number of imide groups is 1. The zero-order valence-corrected chi connectivity index (χ0v) is 17.2. The largest absolute Gasteiger partial charge is 0.357 e. The first-order valence-electron chi connectivity index (χ1n) is 10.7. The van der Waals surface area contributed by atoms with E-state index in [0.29, 0.717) is 26.1 Å². The molecule has 2 fully saturated rings. The highest BCUT2D eigenvalue weighted by Crippen LogP contribution is 2.52. The van der Waals surface area contributed by atoms with Gasteiger partial charge in [0.05, 0.1) is 18.4 Å². The Bertz CT molecular complexity index is 800. The summed E-state index contributed by atoms with van der Waals surface area (Å²) in [6, 6.07) is 8.36. The van der Waals surface area contributed by atoms with Crippen molar-refractivity contribution in [3.63, 3.8) is 0 Å². The van der Waals surface area contributed by atoms with E-state index in [9.17, 15) is 9.59 Å². The van der Waals surface area contributed by atoms with Gasteiger partial charge in [0.1, 0.15) is 0 Å². The lowest BCUT2D eigenvalue weighted by atomic mass is 9.85. The van der Waals surface area contributed by atoms with Crippen molar-refractivity contribution >= 4 is 17.8 Å². The minimum Gasteiger partial charge on any atom is -0.357 e. The van der Waals surface area contributed by atoms with E-state index < -0.39 is 0 Å². The molecule has 1 aromatic rings. The number of guanidine groups is 1. The Morgan fingerprint density at radius 1 is 1.07 bits per heavy atom. The van der Waals surface area contributed by atoms with Crippen LogP contribution in [0.15, 0.2) is 41.4 Å². The Morgan fingerprint density at radius 2 is 1.72 bits per heavy atom. The predicted octanol–water partition coefficient (Wildman–Crippen LogP) is 2.25. The van der Waals surface area contributed by atoms with Gasteiger partial charge in [-0.25, -0.2) is 4.99 Å². The van der Waals surface area contributed by atoms with Crippen LogP contribution in [0.25, 0.3) is 0 Å². The van der Waals surface area contributed by atoms with Gasteiger partial charge in [0.25, 0.3) is 0 Å². The summed E-state index contributed by atoms with van der Waals surface area (Å²) in [7, 11) is 0. The number of carbonyl (C=O) groups excluding carboxylic acids is 2. The molecular formula is C23H30N4O2. The molecule has 154 valence electrons. The van der Waals surface area contributed by atoms with E-state index in [1.165, 1.54) is 10.5 Å². The van der Waals surface area contributed by atoms with E-state index in [2.05, 4.69) is 59.0 Å². The molecule has 6 heteroatoms. The van der Waals surface area contributed by atoms with Gasteiger partial charge in [0, 0.05) is 19.6 Å². The van der Waals surface area contributed by atoms with Gasteiger partial charge in [-0.05, 0) is 44.1 Å². The van der Waals surface area contributed by atoms with E-state index in [0.717, 1.165) is 24.5 Å². The molecule has 2 bridgehead atoms. The van der Waals surface area contributed by atoms with E-state index in [1.807, 2.05) is 6.92 Å². The molecule has 0 aromatic heterocycles. The molecular weight excluding hydrogens is 364 g/mol. The number of nitrogens with one attached hydrogen (secondary N) is 2. The molecule has 1 heterocycles. The fourth-order valence-corrected chi connectivity index (χ4v) is 4.83. The number of likely N-dealkylation sites (tertiary alicyclic amines) is 1. The number of hydrogen-bond acceptors (Lipinski definition) is 3. The first kappa shape index (κ1) is 19.7. The van der Waals surface area contributed by atoms with Gasteiger partial charge in [0.15, 0.2) is 5.96 Å². The van der Waals surface area contributed by atoms with E-state index in [1.54, 1.807) is 0 Å². The zero-order chi connectivity index (χ0) is 20.4. The molecule has 2 amide bonds. The maximum absolute atomic E-state index is 12.7. The Labute approximate surface area is 172 Å². The number of nitrogens with zero attached hydrogens (tertiary/aromatic N) is 2. The molecule has 1 saturated heterocycles. The lowest BCUT2D eigenvalue weighted by Crippen LogP contribution is -2.40. The highest BCUT2D eigenvalue weighted by Gasteiger charge is 2.58. The topological polar surface area (TPSA) is 73.8 Å². The summed E-state index contributed by atoms with van der Waals surface area (Å²) in [6.07, 6.45) is 5.96. The molecule has 3 aliphatic rings. The summed E-state index contributed by atoms with van der Waals surface area (Å²) >= 11 is 0. The third-order valence-corrected chi connectivity index (χ3v) is 6.30. The molecule has 1 saturated carbocycles. The first-order valence-corrected chi connectivity index (χ1v) is 10.7. The van der Waals surface area contributed by atoms with Crippen LogP contribution in [0.1, 0.15) is 30.9 Å². The number of allylic oxidation sites excluding steroid dienone is 2. The van der Waals surface area contributed by atoms with Gasteiger partial charge in [-0.3, -0.25) is 14.5 Å². The van der Waals surface area contributed by atoms with Crippen LogP contribution in [-0.2, 0) is 16.1 Å². The highest BCUT2D eigenvalue weighted by atomic mass is 16.2. The summed E-state index contributed by atoms with van der Waals surface area (Å²) < 4.78 is 0. The van der Waals surface area contributed by atoms with Gasteiger partial charge < -0.3 is 10.6 Å². The van der Waals surface area contributed by atoms with Crippen molar-refractivity contribution in [2.24, 2.45) is 28.7 Å². The fourth-order valence-electron chi connectivity index (χ4n) is 4.83. The van der Waals surface area contributed by atoms with E-state index >= 15 is 0 Å². The number of aryl methyl sites for hydroxylation is 1. The van der Waals surface area contributed by atoms with Crippen molar-refractivity contribution in [3.05, 3.63) is 47.5 Å². The van der Waals surface area contributed by atoms with Crippen LogP contribution in [0, 0.1) is 30.6 Å². The molecule has 4 unspecified atom stereocenters. The second-order valence-electron chi connectivity index (χ2n) is 8.29. The molecule has 1 aromatic carbocycles. The Balaban J connectivity index is 1.26. The molecule has 0 radical (unpaired) electrons. The summed E-state index contributed by atoms with van der Waals surface area (Å²) in [6.45, 7) is 6.64. The van der Waals surface area contributed by atoms with Crippen molar-refractivity contribution in [1.29, 1.82) is 0 Å². The second kappa shape index (κ2) is 8.39. The number of aliphatic imine (C=N–C) groups is 1. The summed E-state index contributed by atoms with van der Waals surface area (Å²) in [4.78, 5) is 31.6. The van der Waals surface area contributed by atoms with Gasteiger partial charge in [-0.15, -0.1) is 0 Å². The molecule has 1 aliphatic heterocycles. The molecule has 0 spiro atoms. The number of carbonyl (C=O) groups is 2. The van der Waals surface area contributed by atoms with Crippen LogP contribution < -0.4 is 10.6 Å². The van der Waals surface area contributed by atoms with Crippen molar-refractivity contribution in [1.82, 2.24) is 15.5 Å². The molecule has 4 rings (SSSR count). The Kier molecular flexibility index (Phi) is 5.69. The molecule has 6 nitrogen and oxygen atoms in total. The number of amides is 2. The van der Waals surface area contributed by atoms with Crippen LogP contribution >= 0.6 is 0 Å². The number of hydrogen-bond donors (Lipinski definition) is 2. The van der Waals surface area contributed by atoms with Gasteiger partial charge >= 0.3 is 0 Å². The highest BCUT2D eigenvalue weighted by molar-refractivity contribution is 6.06. The number of rotatable bonds is 7. The predicted molar refractivity (Wildman–Crippen MR) is 113 cm³/mol. The first-order chi connectivity index (χ1) is 14.1. The number of benzene rings is 1. The quantitative estimate of drug-likeness (QED) is 0.245. The standard InChI is InChI=1S/C23H30N4O2/c1-3-24-23(26-14-16-7-5-15(2)6-8-16)25-11-4-12-27-21(28)19-17-9-10-18(13-17)20(19)22(27)29/h5-10,17-20H,3-4,11-14H2,1-2H3,(H2,24,25,26). The smallest absolute Gasteiger partial charge is 0.233 e. The van der Waals surface area contributed by atoms with Crippen molar-refractivity contribution in [3.8, 4) is 0 Å². The Hall–Kier alpha value is -2.63. The zero-order valence-electron chi connectivity index (χ0n) is 17.2. The Morgan fingerprint density at radius 3 is 2.34 bits per heavy atom. The number of fused-ring (bicyclic) bond motifs is 5. The van der Waals surface area contributed by atoms with Crippen LogP contribution in [0.5, 0.6) is 0 Å². The SMILES string of the molecule is CCNC(=NCc1ccc(C)cc1)NCCCN1C(=O)C2C3C=CC(C3)C2C1=O. The minimum absolute atomic E-state index is 0.0387. The average molecular weight is 395 g/mol. The van der Waals surface area contributed by atoms with Crippen LogP contribution in [0.2, 0.25) is 0 Å². The summed E-state index contributed by atoms with van der Waals surface area (Å²) in [5, 5.41) is 6.56. The van der Waals surface area contributed by atoms with Gasteiger partial charge in [-0.2, -0.15) is 0 Å². The maximum Gasteiger partial charge on any atom is 0.233 e. The normalized spacial score (nSPS) is 27.7. The minimum atomic E-state index is -0.0983. The summed E-state index contributed by atoms with van der Waals surface area (Å²) in [5.41, 5.74) is 2.40. The second-order valence-corrected chi connectivity index (χ2v) is 8.29. The molecule has 29 heavy (non-hydrogen) atoms. The van der Waals surface area contributed by atoms with Crippen molar-refractivity contribution in [2.75, 3.05) is 19.6 Å². The van der Waals surface area contributed by atoms with Gasteiger partial charge in [-0.1, -0.05) is 42.0 Å². The lowest BCUT2D eigenvalue weighted by molar-refractivity contribution is -0.140. The van der Waals surface area contributed by atoms with E-state index in [4.69, 9.17) is 0 Å². The molecule has 2 N–H and O–H groups in total.